The molecule has 8 nitrogen and oxygen atoms in total. The summed E-state index contributed by atoms with van der Waals surface area (Å²) in [6.45, 7) is 0.959. The minimum atomic E-state index is -0.569. The molecule has 0 radical (unpaired) electrons. The highest BCUT2D eigenvalue weighted by Crippen LogP contribution is 2.27. The number of β-amino-alcohol motifs (C(OH)–C–C–N with tert-alkyl or cyclic N) is 1. The van der Waals surface area contributed by atoms with Gasteiger partial charge in [0.05, 0.1) is 24.5 Å². The van der Waals surface area contributed by atoms with Crippen LogP contribution in [0.2, 0.25) is 0 Å². The number of aliphatic hydroxyl groups is 1. The highest BCUT2D eigenvalue weighted by molar-refractivity contribution is 5.63. The second kappa shape index (κ2) is 7.88. The van der Waals surface area contributed by atoms with Crippen molar-refractivity contribution in [1.29, 1.82) is 0 Å². The maximum absolute atomic E-state index is 14.4. The molecule has 0 aliphatic carbocycles. The number of anilines is 1. The SMILES string of the molecule is OC1CCN(c2nc(-c3cc(-c4ccon4)n(Cc4ccccc4F)n3)ncc2F)C1. The van der Waals surface area contributed by atoms with Crippen LogP contribution in [-0.2, 0) is 6.54 Å². The number of halogens is 2. The molecule has 0 saturated carbocycles. The van der Waals surface area contributed by atoms with Crippen LogP contribution in [0.3, 0.4) is 0 Å². The molecule has 31 heavy (non-hydrogen) atoms. The molecule has 1 atom stereocenters. The summed E-state index contributed by atoms with van der Waals surface area (Å²) in [5, 5.41) is 18.3. The minimum absolute atomic E-state index is 0.119. The lowest BCUT2D eigenvalue weighted by Gasteiger charge is -2.17. The second-order valence-electron chi connectivity index (χ2n) is 7.30. The van der Waals surface area contributed by atoms with Crippen molar-refractivity contribution in [2.45, 2.75) is 19.1 Å². The fraction of sp³-hybridized carbons (Fsp3) is 0.238. The first-order valence-electron chi connectivity index (χ1n) is 9.76. The van der Waals surface area contributed by atoms with Crippen molar-refractivity contribution in [2.24, 2.45) is 0 Å². The molecular weight excluding hydrogens is 406 g/mol. The first-order chi connectivity index (χ1) is 15.1. The first-order valence-corrected chi connectivity index (χ1v) is 9.76. The molecule has 1 aliphatic rings. The predicted molar refractivity (Wildman–Crippen MR) is 107 cm³/mol. The quantitative estimate of drug-likeness (QED) is 0.527. The summed E-state index contributed by atoms with van der Waals surface area (Å²) in [6, 6.07) is 9.80. The van der Waals surface area contributed by atoms with Crippen LogP contribution in [0.25, 0.3) is 22.9 Å². The number of rotatable bonds is 5. The molecular formula is C21H18F2N6O2. The maximum atomic E-state index is 14.4. The molecule has 1 saturated heterocycles. The molecule has 4 aromatic rings. The summed E-state index contributed by atoms with van der Waals surface area (Å²) in [5.41, 5.74) is 1.93. The summed E-state index contributed by atoms with van der Waals surface area (Å²) < 4.78 is 35.1. The van der Waals surface area contributed by atoms with E-state index in [4.69, 9.17) is 4.52 Å². The zero-order valence-electron chi connectivity index (χ0n) is 16.3. The van der Waals surface area contributed by atoms with E-state index >= 15 is 0 Å². The van der Waals surface area contributed by atoms with Gasteiger partial charge in [0.25, 0.3) is 0 Å². The Balaban J connectivity index is 1.55. The van der Waals surface area contributed by atoms with E-state index < -0.39 is 11.9 Å². The largest absolute Gasteiger partial charge is 0.391 e. The van der Waals surface area contributed by atoms with Crippen LogP contribution >= 0.6 is 0 Å². The molecule has 1 aliphatic heterocycles. The van der Waals surface area contributed by atoms with Crippen LogP contribution in [0.5, 0.6) is 0 Å². The van der Waals surface area contributed by atoms with E-state index in [2.05, 4.69) is 20.2 Å². The van der Waals surface area contributed by atoms with Crippen LogP contribution in [0.4, 0.5) is 14.6 Å². The van der Waals surface area contributed by atoms with Crippen LogP contribution in [-0.4, -0.2) is 49.2 Å². The van der Waals surface area contributed by atoms with E-state index in [0.29, 0.717) is 42.2 Å². The van der Waals surface area contributed by atoms with Gasteiger partial charge in [0.2, 0.25) is 0 Å². The Morgan fingerprint density at radius 3 is 2.74 bits per heavy atom. The molecule has 0 spiro atoms. The van der Waals surface area contributed by atoms with Gasteiger partial charge in [-0.1, -0.05) is 23.4 Å². The number of nitrogens with zero attached hydrogens (tertiary/aromatic N) is 6. The summed E-state index contributed by atoms with van der Waals surface area (Å²) in [6.07, 6.45) is 2.55. The zero-order valence-corrected chi connectivity index (χ0v) is 16.3. The van der Waals surface area contributed by atoms with Crippen molar-refractivity contribution in [3.05, 3.63) is 66.1 Å². The summed E-state index contributed by atoms with van der Waals surface area (Å²) >= 11 is 0. The lowest BCUT2D eigenvalue weighted by atomic mass is 10.2. The Morgan fingerprint density at radius 1 is 1.13 bits per heavy atom. The molecule has 1 fully saturated rings. The molecule has 3 aromatic heterocycles. The average molecular weight is 424 g/mol. The van der Waals surface area contributed by atoms with Crippen LogP contribution in [0.15, 0.2) is 53.4 Å². The van der Waals surface area contributed by atoms with Crippen molar-refractivity contribution >= 4 is 5.82 Å². The van der Waals surface area contributed by atoms with Crippen molar-refractivity contribution in [3.63, 3.8) is 0 Å². The number of hydrogen-bond acceptors (Lipinski definition) is 7. The molecule has 1 aromatic carbocycles. The van der Waals surface area contributed by atoms with Gasteiger partial charge in [-0.05, 0) is 18.6 Å². The Hall–Kier alpha value is -3.66. The van der Waals surface area contributed by atoms with Crippen molar-refractivity contribution in [1.82, 2.24) is 24.9 Å². The summed E-state index contributed by atoms with van der Waals surface area (Å²) in [5.74, 6) is -0.582. The maximum Gasteiger partial charge on any atom is 0.183 e. The normalized spacial score (nSPS) is 16.2. The lowest BCUT2D eigenvalue weighted by Crippen LogP contribution is -2.23. The highest BCUT2D eigenvalue weighted by atomic mass is 19.1. The van der Waals surface area contributed by atoms with Crippen LogP contribution in [0.1, 0.15) is 12.0 Å². The van der Waals surface area contributed by atoms with Gasteiger partial charge in [-0.25, -0.2) is 18.7 Å². The van der Waals surface area contributed by atoms with Gasteiger partial charge in [-0.3, -0.25) is 4.68 Å². The summed E-state index contributed by atoms with van der Waals surface area (Å²) in [4.78, 5) is 10.1. The third-order valence-corrected chi connectivity index (χ3v) is 5.18. The smallest absolute Gasteiger partial charge is 0.183 e. The van der Waals surface area contributed by atoms with Gasteiger partial charge in [-0.2, -0.15) is 5.10 Å². The number of hydrogen-bond donors (Lipinski definition) is 1. The molecule has 1 N–H and O–H groups in total. The fourth-order valence-electron chi connectivity index (χ4n) is 3.62. The standard InChI is InChI=1S/C21H18F2N6O2/c22-15-4-2-1-3-13(15)11-29-19(17-6-8-31-27-17)9-18(26-29)20-24-10-16(23)21(25-20)28-7-5-14(30)12-28/h1-4,6,8-10,14,30H,5,7,11-12H2. The third kappa shape index (κ3) is 3.77. The molecule has 5 rings (SSSR count). The molecule has 158 valence electrons. The molecule has 10 heteroatoms. The van der Waals surface area contributed by atoms with Crippen LogP contribution in [0, 0.1) is 11.6 Å². The van der Waals surface area contributed by atoms with E-state index in [1.54, 1.807) is 39.9 Å². The molecule has 0 amide bonds. The monoisotopic (exact) mass is 424 g/mol. The Labute approximate surface area is 175 Å². The van der Waals surface area contributed by atoms with Crippen LogP contribution < -0.4 is 4.90 Å². The van der Waals surface area contributed by atoms with E-state index in [-0.39, 0.29) is 24.0 Å². The van der Waals surface area contributed by atoms with Gasteiger partial charge in [0.15, 0.2) is 17.5 Å². The topological polar surface area (TPSA) is 93.1 Å². The minimum Gasteiger partial charge on any atom is -0.391 e. The van der Waals surface area contributed by atoms with Crippen molar-refractivity contribution in [2.75, 3.05) is 18.0 Å². The van der Waals surface area contributed by atoms with Gasteiger partial charge in [0.1, 0.15) is 23.5 Å². The molecule has 1 unspecified atom stereocenters. The Kier molecular flexibility index (Phi) is 4.91. The lowest BCUT2D eigenvalue weighted by molar-refractivity contribution is 0.198. The second-order valence-corrected chi connectivity index (χ2v) is 7.30. The third-order valence-electron chi connectivity index (χ3n) is 5.18. The van der Waals surface area contributed by atoms with Gasteiger partial charge >= 0.3 is 0 Å². The van der Waals surface area contributed by atoms with E-state index in [1.165, 1.54) is 12.3 Å². The fourth-order valence-corrected chi connectivity index (χ4v) is 3.62. The predicted octanol–water partition coefficient (Wildman–Crippen LogP) is 2.89. The van der Waals surface area contributed by atoms with E-state index in [0.717, 1.165) is 6.20 Å². The zero-order chi connectivity index (χ0) is 21.4. The number of aromatic nitrogens is 5. The summed E-state index contributed by atoms with van der Waals surface area (Å²) in [7, 11) is 0. The molecule has 4 heterocycles. The Bertz CT molecular complexity index is 1210. The van der Waals surface area contributed by atoms with Crippen molar-refractivity contribution in [3.8, 4) is 22.9 Å². The number of aliphatic hydroxyl groups excluding tert-OH is 1. The van der Waals surface area contributed by atoms with Crippen molar-refractivity contribution < 1.29 is 18.4 Å². The van der Waals surface area contributed by atoms with E-state index in [1.807, 2.05) is 0 Å². The highest BCUT2D eigenvalue weighted by Gasteiger charge is 2.25. The first kappa shape index (κ1) is 19.3. The number of benzene rings is 1. The van der Waals surface area contributed by atoms with Gasteiger partial charge in [-0.15, -0.1) is 0 Å². The van der Waals surface area contributed by atoms with Gasteiger partial charge < -0.3 is 14.5 Å². The van der Waals surface area contributed by atoms with E-state index in [9.17, 15) is 13.9 Å². The van der Waals surface area contributed by atoms with Gasteiger partial charge in [0, 0.05) is 24.7 Å². The Morgan fingerprint density at radius 2 is 2.00 bits per heavy atom. The average Bonchev–Trinajstić information content (AvgIpc) is 3.51. The molecule has 0 bridgehead atoms.